The molecule has 0 aromatic carbocycles. The fourth-order valence-electron chi connectivity index (χ4n) is 1.33. The Morgan fingerprint density at radius 3 is 2.64 bits per heavy atom. The van der Waals surface area contributed by atoms with Crippen LogP contribution in [0.25, 0.3) is 0 Å². The zero-order valence-corrected chi connectivity index (χ0v) is 8.39. The van der Waals surface area contributed by atoms with Crippen LogP contribution in [0.5, 0.6) is 0 Å². The lowest BCUT2D eigenvalue weighted by Gasteiger charge is -2.32. The van der Waals surface area contributed by atoms with Gasteiger partial charge in [-0.2, -0.15) is 0 Å². The third kappa shape index (κ3) is 1.83. The van der Waals surface area contributed by atoms with Gasteiger partial charge in [0.2, 0.25) is 0 Å². The van der Waals surface area contributed by atoms with Crippen LogP contribution in [-0.2, 0) is 9.47 Å². The van der Waals surface area contributed by atoms with E-state index in [1.165, 1.54) is 19.3 Å². The Morgan fingerprint density at radius 1 is 1.57 bits per heavy atom. The molecule has 1 aliphatic rings. The zero-order valence-electron chi connectivity index (χ0n) is 8.39. The maximum Gasteiger partial charge on any atom is 0.267 e. The molecule has 0 saturated heterocycles. The normalized spacial score (nSPS) is 31.4. The molecular formula is C9H13NO4. The predicted octanol–water partition coefficient (Wildman–Crippen LogP) is 1.14. The van der Waals surface area contributed by atoms with E-state index in [1.807, 2.05) is 6.92 Å². The standard InChI is InChI=1S/C9H13NO4/c1-9(14-3)5-4-7(10(11)12)6-8(9)13-2/h4-6,8H,1-3H3. The molecule has 14 heavy (non-hydrogen) atoms. The lowest BCUT2D eigenvalue weighted by Crippen LogP contribution is -2.41. The highest BCUT2D eigenvalue weighted by molar-refractivity contribution is 5.26. The zero-order chi connectivity index (χ0) is 10.8. The summed E-state index contributed by atoms with van der Waals surface area (Å²) in [6, 6.07) is 0. The number of methoxy groups -OCH3 is 2. The number of rotatable bonds is 3. The summed E-state index contributed by atoms with van der Waals surface area (Å²) in [5.74, 6) is 0. The number of ether oxygens (including phenoxy) is 2. The van der Waals surface area contributed by atoms with E-state index in [9.17, 15) is 10.1 Å². The van der Waals surface area contributed by atoms with Crippen molar-refractivity contribution < 1.29 is 14.4 Å². The highest BCUT2D eigenvalue weighted by Crippen LogP contribution is 2.26. The molecule has 0 heterocycles. The Bertz CT molecular complexity index is 297. The van der Waals surface area contributed by atoms with Gasteiger partial charge in [0.05, 0.1) is 4.92 Å². The van der Waals surface area contributed by atoms with Crippen molar-refractivity contribution in [1.82, 2.24) is 0 Å². The van der Waals surface area contributed by atoms with Gasteiger partial charge < -0.3 is 9.47 Å². The molecule has 1 aliphatic carbocycles. The first-order valence-corrected chi connectivity index (χ1v) is 4.17. The van der Waals surface area contributed by atoms with Crippen LogP contribution in [0.2, 0.25) is 0 Å². The third-order valence-electron chi connectivity index (χ3n) is 2.38. The third-order valence-corrected chi connectivity index (χ3v) is 2.38. The smallest absolute Gasteiger partial charge is 0.267 e. The van der Waals surface area contributed by atoms with Gasteiger partial charge in [0.25, 0.3) is 5.70 Å². The molecule has 0 saturated carbocycles. The molecule has 0 spiro atoms. The molecule has 0 fully saturated rings. The van der Waals surface area contributed by atoms with Crippen LogP contribution in [0.3, 0.4) is 0 Å². The topological polar surface area (TPSA) is 61.6 Å². The molecule has 0 aliphatic heterocycles. The second-order valence-electron chi connectivity index (χ2n) is 3.23. The van der Waals surface area contributed by atoms with Crippen LogP contribution in [0, 0.1) is 10.1 Å². The van der Waals surface area contributed by atoms with Crippen molar-refractivity contribution in [2.45, 2.75) is 18.6 Å². The summed E-state index contributed by atoms with van der Waals surface area (Å²) in [5, 5.41) is 10.5. The van der Waals surface area contributed by atoms with Crippen LogP contribution in [0.1, 0.15) is 6.92 Å². The summed E-state index contributed by atoms with van der Waals surface area (Å²) in [5.41, 5.74) is -0.597. The first-order valence-electron chi connectivity index (χ1n) is 4.17. The molecule has 0 amide bonds. The number of nitro groups is 1. The number of allylic oxidation sites excluding steroid dienone is 1. The monoisotopic (exact) mass is 199 g/mol. The first kappa shape index (κ1) is 10.9. The van der Waals surface area contributed by atoms with Gasteiger partial charge in [0, 0.05) is 26.4 Å². The van der Waals surface area contributed by atoms with E-state index >= 15 is 0 Å². The van der Waals surface area contributed by atoms with E-state index in [0.717, 1.165) is 0 Å². The minimum Gasteiger partial charge on any atom is -0.374 e. The highest BCUT2D eigenvalue weighted by Gasteiger charge is 2.35. The highest BCUT2D eigenvalue weighted by atomic mass is 16.6. The van der Waals surface area contributed by atoms with E-state index in [4.69, 9.17) is 9.47 Å². The summed E-state index contributed by atoms with van der Waals surface area (Å²) in [6.07, 6.45) is 4.08. The Kier molecular flexibility index (Phi) is 3.03. The Hall–Kier alpha value is -1.20. The summed E-state index contributed by atoms with van der Waals surface area (Å²) in [6.45, 7) is 1.81. The van der Waals surface area contributed by atoms with Gasteiger partial charge in [-0.15, -0.1) is 0 Å². The second-order valence-corrected chi connectivity index (χ2v) is 3.23. The van der Waals surface area contributed by atoms with Crippen molar-refractivity contribution in [3.8, 4) is 0 Å². The van der Waals surface area contributed by atoms with E-state index in [1.54, 1.807) is 13.2 Å². The molecular weight excluding hydrogens is 186 g/mol. The Morgan fingerprint density at radius 2 is 2.21 bits per heavy atom. The van der Waals surface area contributed by atoms with Crippen molar-refractivity contribution in [3.63, 3.8) is 0 Å². The minimum absolute atomic E-state index is 0.0337. The summed E-state index contributed by atoms with van der Waals surface area (Å²) >= 11 is 0. The average Bonchev–Trinajstić information content (AvgIpc) is 2.18. The summed E-state index contributed by atoms with van der Waals surface area (Å²) < 4.78 is 10.4. The lowest BCUT2D eigenvalue weighted by molar-refractivity contribution is -0.420. The van der Waals surface area contributed by atoms with Gasteiger partial charge in [-0.25, -0.2) is 0 Å². The SMILES string of the molecule is COC1C=C([N+](=O)[O-])C=CC1(C)OC. The van der Waals surface area contributed by atoms with Gasteiger partial charge >= 0.3 is 0 Å². The molecule has 0 aromatic rings. The maximum absolute atomic E-state index is 10.5. The van der Waals surface area contributed by atoms with E-state index < -0.39 is 16.6 Å². The van der Waals surface area contributed by atoms with Gasteiger partial charge in [-0.1, -0.05) is 0 Å². The quantitative estimate of drug-likeness (QED) is 0.505. The van der Waals surface area contributed by atoms with E-state index in [2.05, 4.69) is 0 Å². The fraction of sp³-hybridized carbons (Fsp3) is 0.556. The lowest BCUT2D eigenvalue weighted by atomic mass is 9.93. The van der Waals surface area contributed by atoms with Crippen molar-refractivity contribution in [1.29, 1.82) is 0 Å². The average molecular weight is 199 g/mol. The molecule has 5 nitrogen and oxygen atoms in total. The molecule has 0 aromatic heterocycles. The van der Waals surface area contributed by atoms with Gasteiger partial charge in [0.1, 0.15) is 11.7 Å². The van der Waals surface area contributed by atoms with Crippen molar-refractivity contribution in [2.24, 2.45) is 0 Å². The van der Waals surface area contributed by atoms with Crippen LogP contribution in [0.4, 0.5) is 0 Å². The molecule has 0 radical (unpaired) electrons. The molecule has 0 bridgehead atoms. The minimum atomic E-state index is -0.631. The van der Waals surface area contributed by atoms with Crippen molar-refractivity contribution in [3.05, 3.63) is 34.0 Å². The second kappa shape index (κ2) is 3.89. The summed E-state index contributed by atoms with van der Waals surface area (Å²) in [4.78, 5) is 10.1. The van der Waals surface area contributed by atoms with E-state index in [0.29, 0.717) is 0 Å². The molecule has 5 heteroatoms. The fourth-order valence-corrected chi connectivity index (χ4v) is 1.33. The number of nitrogens with zero attached hydrogens (tertiary/aromatic N) is 1. The summed E-state index contributed by atoms with van der Waals surface area (Å²) in [7, 11) is 3.04. The largest absolute Gasteiger partial charge is 0.374 e. The van der Waals surface area contributed by atoms with Gasteiger partial charge in [-0.3, -0.25) is 10.1 Å². The molecule has 0 N–H and O–H groups in total. The first-order chi connectivity index (χ1) is 6.53. The molecule has 1 rings (SSSR count). The van der Waals surface area contributed by atoms with Crippen LogP contribution in [-0.4, -0.2) is 30.8 Å². The number of hydrogen-bond acceptors (Lipinski definition) is 4. The van der Waals surface area contributed by atoms with E-state index in [-0.39, 0.29) is 5.70 Å². The Balaban J connectivity index is 2.96. The van der Waals surface area contributed by atoms with Crippen molar-refractivity contribution in [2.75, 3.05) is 14.2 Å². The number of hydrogen-bond donors (Lipinski definition) is 0. The molecule has 78 valence electrons. The van der Waals surface area contributed by atoms with Crippen LogP contribution >= 0.6 is 0 Å². The van der Waals surface area contributed by atoms with Crippen LogP contribution in [0.15, 0.2) is 23.9 Å². The predicted molar refractivity (Wildman–Crippen MR) is 50.4 cm³/mol. The van der Waals surface area contributed by atoms with Crippen molar-refractivity contribution >= 4 is 0 Å². The van der Waals surface area contributed by atoms with Gasteiger partial charge in [0.15, 0.2) is 0 Å². The maximum atomic E-state index is 10.5. The molecule has 2 atom stereocenters. The molecule has 2 unspecified atom stereocenters. The van der Waals surface area contributed by atoms with Gasteiger partial charge in [-0.05, 0) is 13.0 Å². The van der Waals surface area contributed by atoms with Crippen LogP contribution < -0.4 is 0 Å². The Labute approximate surface area is 82.2 Å².